The van der Waals surface area contributed by atoms with Crippen molar-refractivity contribution in [2.75, 3.05) is 14.1 Å². The summed E-state index contributed by atoms with van der Waals surface area (Å²) in [7, 11) is -0.850. The van der Waals surface area contributed by atoms with E-state index in [-0.39, 0.29) is 10.5 Å². The van der Waals surface area contributed by atoms with Crippen LogP contribution < -0.4 is 10.5 Å². The number of hydrogen-bond acceptors (Lipinski definition) is 4. The molecule has 9 heteroatoms. The van der Waals surface area contributed by atoms with Gasteiger partial charge < -0.3 is 10.6 Å². The van der Waals surface area contributed by atoms with E-state index in [4.69, 9.17) is 5.73 Å². The third-order valence-electron chi connectivity index (χ3n) is 4.05. The van der Waals surface area contributed by atoms with E-state index in [1.807, 2.05) is 0 Å². The van der Waals surface area contributed by atoms with E-state index in [0.717, 1.165) is 11.0 Å². The van der Waals surface area contributed by atoms with Crippen LogP contribution in [-0.2, 0) is 19.6 Å². The Hall–Kier alpha value is -3.04. The molecule has 0 aliphatic heterocycles. The Labute approximate surface area is 162 Å². The molecule has 0 aliphatic carbocycles. The van der Waals surface area contributed by atoms with Gasteiger partial charge in [0.1, 0.15) is 11.9 Å². The molecular formula is C19H20FN3O4S. The summed E-state index contributed by atoms with van der Waals surface area (Å²) in [5.74, 6) is -1.87. The molecule has 3 N–H and O–H groups in total. The van der Waals surface area contributed by atoms with Crippen LogP contribution in [0.2, 0.25) is 0 Å². The summed E-state index contributed by atoms with van der Waals surface area (Å²) in [6.45, 7) is 0. The van der Waals surface area contributed by atoms with Crippen molar-refractivity contribution in [2.45, 2.75) is 10.9 Å². The molecule has 0 radical (unpaired) electrons. The van der Waals surface area contributed by atoms with Gasteiger partial charge in [-0.3, -0.25) is 9.59 Å². The highest BCUT2D eigenvalue weighted by atomic mass is 32.2. The number of nitrogens with zero attached hydrogens (tertiary/aromatic N) is 1. The van der Waals surface area contributed by atoms with Crippen molar-refractivity contribution in [1.29, 1.82) is 0 Å². The highest BCUT2D eigenvalue weighted by Gasteiger charge is 2.25. The maximum absolute atomic E-state index is 13.5. The number of rotatable bonds is 7. The number of carbonyl (C=O) groups excluding carboxylic acids is 2. The van der Waals surface area contributed by atoms with Gasteiger partial charge in [0.25, 0.3) is 0 Å². The second kappa shape index (κ2) is 8.77. The molecule has 7 nitrogen and oxygen atoms in total. The molecule has 0 aromatic heterocycles. The van der Waals surface area contributed by atoms with Crippen molar-refractivity contribution >= 4 is 27.9 Å². The Bertz CT molecular complexity index is 1000. The third kappa shape index (κ3) is 5.02. The van der Waals surface area contributed by atoms with Gasteiger partial charge in [-0.25, -0.2) is 17.5 Å². The summed E-state index contributed by atoms with van der Waals surface area (Å²) < 4.78 is 39.1. The molecule has 2 amide bonds. The van der Waals surface area contributed by atoms with E-state index >= 15 is 0 Å². The predicted molar refractivity (Wildman–Crippen MR) is 103 cm³/mol. The van der Waals surface area contributed by atoms with Gasteiger partial charge in [-0.1, -0.05) is 24.3 Å². The van der Waals surface area contributed by atoms with Gasteiger partial charge in [0, 0.05) is 13.1 Å². The molecule has 0 aliphatic rings. The fourth-order valence-corrected chi connectivity index (χ4v) is 3.27. The molecule has 1 atom stereocenters. The minimum atomic E-state index is -3.55. The van der Waals surface area contributed by atoms with Gasteiger partial charge in [0.05, 0.1) is 4.90 Å². The van der Waals surface area contributed by atoms with E-state index in [0.29, 0.717) is 5.56 Å². The first-order valence-electron chi connectivity index (χ1n) is 8.19. The number of amides is 2. The van der Waals surface area contributed by atoms with Crippen LogP contribution in [0.15, 0.2) is 59.5 Å². The van der Waals surface area contributed by atoms with Crippen molar-refractivity contribution in [2.24, 2.45) is 5.73 Å². The van der Waals surface area contributed by atoms with Crippen LogP contribution in [0, 0.1) is 5.82 Å². The van der Waals surface area contributed by atoms with Crippen molar-refractivity contribution < 1.29 is 22.4 Å². The quantitative estimate of drug-likeness (QED) is 0.679. The number of nitrogens with one attached hydrogen (secondary N) is 1. The Balaban J connectivity index is 2.19. The molecule has 0 bridgehead atoms. The molecule has 0 saturated heterocycles. The summed E-state index contributed by atoms with van der Waals surface area (Å²) in [5.41, 5.74) is 6.24. The van der Waals surface area contributed by atoms with Gasteiger partial charge in [-0.05, 0) is 48.5 Å². The third-order valence-corrected chi connectivity index (χ3v) is 5.48. The molecule has 2 aromatic carbocycles. The highest BCUT2D eigenvalue weighted by Crippen LogP contribution is 2.20. The number of nitrogens with two attached hydrogens (primary N) is 1. The van der Waals surface area contributed by atoms with Crippen LogP contribution in [0.5, 0.6) is 0 Å². The Morgan fingerprint density at radius 2 is 1.82 bits per heavy atom. The molecule has 0 fully saturated rings. The van der Waals surface area contributed by atoms with Crippen molar-refractivity contribution in [3.8, 4) is 0 Å². The van der Waals surface area contributed by atoms with E-state index in [2.05, 4.69) is 4.72 Å². The number of likely N-dealkylation sites (N-methyl/N-ethyl adjacent to an activating group) is 1. The van der Waals surface area contributed by atoms with E-state index in [1.165, 1.54) is 68.7 Å². The lowest BCUT2D eigenvalue weighted by molar-refractivity contribution is -0.134. The van der Waals surface area contributed by atoms with Crippen LogP contribution >= 0.6 is 0 Å². The molecule has 148 valence electrons. The fourth-order valence-electron chi connectivity index (χ4n) is 2.54. The van der Waals surface area contributed by atoms with Crippen LogP contribution in [0.4, 0.5) is 4.39 Å². The molecule has 0 saturated carbocycles. The summed E-state index contributed by atoms with van der Waals surface area (Å²) in [4.78, 5) is 25.4. The number of hydrogen-bond donors (Lipinski definition) is 2. The molecule has 2 aromatic rings. The SMILES string of the molecule is CNS(=O)(=O)c1ccc(/C=C/C(=O)N(C)C(C(N)=O)c2cccc(F)c2)cc1. The van der Waals surface area contributed by atoms with Gasteiger partial charge in [-0.15, -0.1) is 0 Å². The van der Waals surface area contributed by atoms with E-state index in [1.54, 1.807) is 0 Å². The molecule has 28 heavy (non-hydrogen) atoms. The first-order chi connectivity index (χ1) is 13.2. The molecular weight excluding hydrogens is 385 g/mol. The summed E-state index contributed by atoms with van der Waals surface area (Å²) in [6, 6.07) is 10.0. The number of carbonyl (C=O) groups is 2. The van der Waals surface area contributed by atoms with Crippen molar-refractivity contribution in [1.82, 2.24) is 9.62 Å². The lowest BCUT2D eigenvalue weighted by Crippen LogP contribution is -2.38. The Morgan fingerprint density at radius 1 is 1.18 bits per heavy atom. The molecule has 0 heterocycles. The zero-order valence-electron chi connectivity index (χ0n) is 15.3. The lowest BCUT2D eigenvalue weighted by Gasteiger charge is -2.25. The lowest BCUT2D eigenvalue weighted by atomic mass is 10.0. The fraction of sp³-hybridized carbons (Fsp3) is 0.158. The number of benzene rings is 2. The maximum Gasteiger partial charge on any atom is 0.247 e. The minimum Gasteiger partial charge on any atom is -0.368 e. The summed E-state index contributed by atoms with van der Waals surface area (Å²) in [6.07, 6.45) is 2.69. The minimum absolute atomic E-state index is 0.0930. The van der Waals surface area contributed by atoms with Crippen molar-refractivity contribution in [3.63, 3.8) is 0 Å². The van der Waals surface area contributed by atoms with Crippen LogP contribution in [0.25, 0.3) is 6.08 Å². The first kappa shape index (κ1) is 21.3. The Morgan fingerprint density at radius 3 is 2.36 bits per heavy atom. The number of sulfonamides is 1. The number of halogens is 1. The van der Waals surface area contributed by atoms with Gasteiger partial charge >= 0.3 is 0 Å². The Kier molecular flexibility index (Phi) is 6.66. The first-order valence-corrected chi connectivity index (χ1v) is 9.67. The summed E-state index contributed by atoms with van der Waals surface area (Å²) >= 11 is 0. The number of primary amides is 1. The average Bonchev–Trinajstić information content (AvgIpc) is 2.66. The standard InChI is InChI=1S/C19H20FN3O4S/c1-22-28(26,27)16-9-6-13(7-10-16)8-11-17(24)23(2)18(19(21)25)14-4-3-5-15(20)12-14/h3-12,18,22H,1-2H3,(H2,21,25)/b11-8+. The molecule has 2 rings (SSSR count). The van der Waals surface area contributed by atoms with Crippen LogP contribution in [-0.4, -0.2) is 39.2 Å². The van der Waals surface area contributed by atoms with E-state index < -0.39 is 33.7 Å². The second-order valence-corrected chi connectivity index (χ2v) is 7.81. The highest BCUT2D eigenvalue weighted by molar-refractivity contribution is 7.89. The maximum atomic E-state index is 13.5. The van der Waals surface area contributed by atoms with Crippen LogP contribution in [0.1, 0.15) is 17.2 Å². The summed E-state index contributed by atoms with van der Waals surface area (Å²) in [5, 5.41) is 0. The van der Waals surface area contributed by atoms with Crippen LogP contribution in [0.3, 0.4) is 0 Å². The second-order valence-electron chi connectivity index (χ2n) is 5.92. The zero-order chi connectivity index (χ0) is 20.9. The monoisotopic (exact) mass is 405 g/mol. The topological polar surface area (TPSA) is 110 Å². The van der Waals surface area contributed by atoms with Gasteiger partial charge in [0.2, 0.25) is 21.8 Å². The van der Waals surface area contributed by atoms with Crippen molar-refractivity contribution in [3.05, 3.63) is 71.6 Å². The largest absolute Gasteiger partial charge is 0.368 e. The smallest absolute Gasteiger partial charge is 0.247 e. The van der Waals surface area contributed by atoms with E-state index in [9.17, 15) is 22.4 Å². The zero-order valence-corrected chi connectivity index (χ0v) is 16.1. The van der Waals surface area contributed by atoms with Gasteiger partial charge in [0.15, 0.2) is 0 Å². The normalized spacial score (nSPS) is 12.7. The van der Waals surface area contributed by atoms with Gasteiger partial charge in [-0.2, -0.15) is 0 Å². The molecule has 0 spiro atoms. The average molecular weight is 405 g/mol. The molecule has 1 unspecified atom stereocenters. The predicted octanol–water partition coefficient (Wildman–Crippen LogP) is 1.43.